The summed E-state index contributed by atoms with van der Waals surface area (Å²) in [5.41, 5.74) is 2.71. The van der Waals surface area contributed by atoms with E-state index in [4.69, 9.17) is 5.11 Å². The number of nitrogens with zero attached hydrogens (tertiary/aromatic N) is 8. The number of aliphatic carboxylic acids is 1. The summed E-state index contributed by atoms with van der Waals surface area (Å²) in [6, 6.07) is 24.8. The number of nitrogens with one attached hydrogen (secondary N) is 1. The van der Waals surface area contributed by atoms with Crippen molar-refractivity contribution in [2.45, 2.75) is 46.3 Å². The first kappa shape index (κ1) is 47.5. The Labute approximate surface area is 341 Å². The summed E-state index contributed by atoms with van der Waals surface area (Å²) in [4.78, 5) is 73.7. The molecule has 0 bridgehead atoms. The molecule has 3 N–H and O–H groups in total. The fraction of sp³-hybridized carbons (Fsp3) is 0.244. The first-order chi connectivity index (χ1) is 27.1. The van der Waals surface area contributed by atoms with E-state index in [1.165, 1.54) is 23.9 Å². The van der Waals surface area contributed by atoms with Crippen LogP contribution >= 0.6 is 12.4 Å². The third-order valence-corrected chi connectivity index (χ3v) is 7.70. The van der Waals surface area contributed by atoms with E-state index < -0.39 is 23.8 Å². The lowest BCUT2D eigenvalue weighted by atomic mass is 9.98. The van der Waals surface area contributed by atoms with Crippen LogP contribution < -0.4 is 11.1 Å². The molecule has 0 aliphatic carbocycles. The molecular weight excluding hydrogens is 766 g/mol. The number of H-pyrrole nitrogens is 1. The van der Waals surface area contributed by atoms with Gasteiger partial charge in [-0.2, -0.15) is 10.2 Å². The number of ketones is 2. The van der Waals surface area contributed by atoms with Crippen LogP contribution in [0.2, 0.25) is 0 Å². The predicted octanol–water partition coefficient (Wildman–Crippen LogP) is 4.51. The van der Waals surface area contributed by atoms with Gasteiger partial charge in [0.05, 0.1) is 24.4 Å². The lowest BCUT2D eigenvalue weighted by Gasteiger charge is -2.15. The second-order valence-corrected chi connectivity index (χ2v) is 12.9. The number of aromatic amines is 1. The number of carbonyl (C=O) groups excluding carboxylic acids is 2. The van der Waals surface area contributed by atoms with Crippen molar-refractivity contribution < 1.29 is 24.6 Å². The molecular formula is C41H46ClN9O7. The molecule has 0 saturated carbocycles. The number of hydrogen-bond acceptors (Lipinski definition) is 13. The molecule has 0 spiro atoms. The maximum absolute atomic E-state index is 12.0. The number of aromatic nitrogens is 8. The van der Waals surface area contributed by atoms with E-state index in [9.17, 15) is 29.1 Å². The Bertz CT molecular complexity index is 2330. The number of carbonyl (C=O) groups is 3. The standard InChI is InChI=1S/C14H18N4O.C10H9N3O.C10H11NO4.C7H7NO.ClH/c1-11-10-13(12-6-4-5-7-15-12)16-18(14(11)19)9-8-17(2)3;1-7-6-9(12-13-10(7)14)8-4-2-3-5-11-8;1-10(15,9(13)14)6-8(12)7-4-2-3-5-11-7;1-6(9)7-4-2-3-5-8-7;/h4-7,10H,8-9H2,1-3H3;2-6H,1H3,(H,13,14);2-5,15H,6H2,1H3,(H,13,14);2-5H,1H3;1H. The van der Waals surface area contributed by atoms with Crippen LogP contribution in [-0.2, 0) is 11.3 Å². The SMILES string of the molecule is CC(=O)c1ccccn1.CC(O)(CC(=O)c1ccccn1)C(=O)O.Cc1cc(-c2ccccn2)n[nH]c1=O.Cc1cc(-c2ccccn2)nn(CCN(C)C)c1=O.Cl. The largest absolute Gasteiger partial charge is 0.479 e. The Morgan fingerprint density at radius 2 is 1.24 bits per heavy atom. The van der Waals surface area contributed by atoms with Gasteiger partial charge in [0.25, 0.3) is 11.1 Å². The molecule has 0 saturated heterocycles. The number of aryl methyl sites for hydroxylation is 2. The molecule has 1 unspecified atom stereocenters. The number of carboxylic acids is 1. The Hall–Kier alpha value is -6.62. The van der Waals surface area contributed by atoms with Crippen molar-refractivity contribution in [1.29, 1.82) is 0 Å². The van der Waals surface area contributed by atoms with Crippen LogP contribution in [-0.4, -0.2) is 98.8 Å². The molecule has 6 aromatic heterocycles. The number of halogens is 1. The molecule has 17 heteroatoms. The first-order valence-corrected chi connectivity index (χ1v) is 17.5. The van der Waals surface area contributed by atoms with Gasteiger partial charge in [-0.25, -0.2) is 14.6 Å². The molecule has 6 aromatic rings. The van der Waals surface area contributed by atoms with Crippen molar-refractivity contribution in [3.63, 3.8) is 0 Å². The third-order valence-electron chi connectivity index (χ3n) is 7.70. The number of hydrogen-bond donors (Lipinski definition) is 3. The molecule has 6 rings (SSSR count). The summed E-state index contributed by atoms with van der Waals surface area (Å²) in [5.74, 6) is -1.91. The summed E-state index contributed by atoms with van der Waals surface area (Å²) >= 11 is 0. The number of carboxylic acid groups (broad SMARTS) is 1. The van der Waals surface area contributed by atoms with Crippen molar-refractivity contribution >= 4 is 29.9 Å². The Kier molecular flexibility index (Phi) is 19.2. The highest BCUT2D eigenvalue weighted by molar-refractivity contribution is 5.98. The van der Waals surface area contributed by atoms with Gasteiger partial charge in [-0.1, -0.05) is 24.3 Å². The van der Waals surface area contributed by atoms with Crippen molar-refractivity contribution in [2.75, 3.05) is 20.6 Å². The highest BCUT2D eigenvalue weighted by Gasteiger charge is 2.33. The van der Waals surface area contributed by atoms with E-state index in [2.05, 4.69) is 35.2 Å². The molecule has 1 atom stereocenters. The van der Waals surface area contributed by atoms with E-state index >= 15 is 0 Å². The highest BCUT2D eigenvalue weighted by atomic mass is 35.5. The molecule has 0 radical (unpaired) electrons. The van der Waals surface area contributed by atoms with Gasteiger partial charge in [-0.3, -0.25) is 39.1 Å². The van der Waals surface area contributed by atoms with E-state index in [1.54, 1.807) is 68.0 Å². The Morgan fingerprint density at radius 3 is 1.67 bits per heavy atom. The van der Waals surface area contributed by atoms with Crippen molar-refractivity contribution in [3.8, 4) is 22.8 Å². The second kappa shape index (κ2) is 23.4. The lowest BCUT2D eigenvalue weighted by molar-refractivity contribution is -0.156. The van der Waals surface area contributed by atoms with Crippen molar-refractivity contribution in [2.24, 2.45) is 0 Å². The number of Topliss-reactive ketones (excluding diaryl/α,β-unsaturated/α-hetero) is 2. The summed E-state index contributed by atoms with van der Waals surface area (Å²) in [6.07, 6.45) is 5.97. The number of pyridine rings is 4. The second-order valence-electron chi connectivity index (χ2n) is 12.9. The molecule has 0 aliphatic rings. The van der Waals surface area contributed by atoms with Crippen LogP contribution in [0.1, 0.15) is 52.4 Å². The molecule has 58 heavy (non-hydrogen) atoms. The van der Waals surface area contributed by atoms with Gasteiger partial charge in [0.1, 0.15) is 22.8 Å². The minimum atomic E-state index is -2.05. The molecule has 16 nitrogen and oxygen atoms in total. The zero-order chi connectivity index (χ0) is 42.0. The quantitative estimate of drug-likeness (QED) is 0.162. The molecule has 0 fully saturated rings. The van der Waals surface area contributed by atoms with Gasteiger partial charge < -0.3 is 15.1 Å². The fourth-order valence-electron chi connectivity index (χ4n) is 4.49. The molecule has 6 heterocycles. The van der Waals surface area contributed by atoms with Gasteiger partial charge in [-0.15, -0.1) is 12.4 Å². The number of aliphatic hydroxyl groups is 1. The van der Waals surface area contributed by atoms with Gasteiger partial charge in [0.2, 0.25) is 0 Å². The highest BCUT2D eigenvalue weighted by Crippen LogP contribution is 2.14. The van der Waals surface area contributed by atoms with Gasteiger partial charge in [0, 0.05) is 49.4 Å². The Balaban J connectivity index is 0.000000273. The van der Waals surface area contributed by atoms with Crippen LogP contribution in [0.25, 0.3) is 22.8 Å². The summed E-state index contributed by atoms with van der Waals surface area (Å²) in [6.45, 7) is 7.49. The normalized spacial score (nSPS) is 11.1. The van der Waals surface area contributed by atoms with Gasteiger partial charge in [0.15, 0.2) is 17.2 Å². The van der Waals surface area contributed by atoms with Gasteiger partial charge in [-0.05, 0) is 95.5 Å². The van der Waals surface area contributed by atoms with E-state index in [0.29, 0.717) is 29.1 Å². The average Bonchev–Trinajstić information content (AvgIpc) is 3.21. The fourth-order valence-corrected chi connectivity index (χ4v) is 4.49. The zero-order valence-corrected chi connectivity index (χ0v) is 33.8. The average molecular weight is 812 g/mol. The monoisotopic (exact) mass is 811 g/mol. The zero-order valence-electron chi connectivity index (χ0n) is 32.9. The first-order valence-electron chi connectivity index (χ1n) is 17.5. The lowest BCUT2D eigenvalue weighted by Crippen LogP contribution is -2.37. The topological polar surface area (TPSA) is 227 Å². The van der Waals surface area contributed by atoms with Crippen molar-refractivity contribution in [3.05, 3.63) is 153 Å². The molecule has 0 aliphatic heterocycles. The molecule has 304 valence electrons. The van der Waals surface area contributed by atoms with Gasteiger partial charge >= 0.3 is 5.97 Å². The van der Waals surface area contributed by atoms with E-state index in [-0.39, 0.29) is 35.0 Å². The number of likely N-dealkylation sites (N-methyl/N-ethyl adjacent to an activating group) is 1. The van der Waals surface area contributed by atoms with Crippen LogP contribution in [0, 0.1) is 13.8 Å². The third kappa shape index (κ3) is 15.5. The smallest absolute Gasteiger partial charge is 0.335 e. The Morgan fingerprint density at radius 1 is 0.741 bits per heavy atom. The van der Waals surface area contributed by atoms with E-state index in [1.807, 2.05) is 62.3 Å². The number of rotatable bonds is 10. The van der Waals surface area contributed by atoms with Crippen LogP contribution in [0.5, 0.6) is 0 Å². The molecule has 0 aromatic carbocycles. The molecule has 0 amide bonds. The van der Waals surface area contributed by atoms with Crippen molar-refractivity contribution in [1.82, 2.24) is 44.8 Å². The minimum Gasteiger partial charge on any atom is -0.479 e. The van der Waals surface area contributed by atoms with Crippen LogP contribution in [0.15, 0.2) is 119 Å². The predicted molar refractivity (Wildman–Crippen MR) is 221 cm³/mol. The summed E-state index contributed by atoms with van der Waals surface area (Å²) < 4.78 is 1.51. The van der Waals surface area contributed by atoms with Crippen LogP contribution in [0.4, 0.5) is 0 Å². The van der Waals surface area contributed by atoms with Crippen LogP contribution in [0.3, 0.4) is 0 Å². The maximum Gasteiger partial charge on any atom is 0.335 e. The summed E-state index contributed by atoms with van der Waals surface area (Å²) in [7, 11) is 3.95. The minimum absolute atomic E-state index is 0. The maximum atomic E-state index is 12.0. The summed E-state index contributed by atoms with van der Waals surface area (Å²) in [5, 5.41) is 28.7. The van der Waals surface area contributed by atoms with E-state index in [0.717, 1.165) is 30.6 Å².